The number of nitrogens with zero attached hydrogens (tertiary/aromatic N) is 3. The zero-order valence-corrected chi connectivity index (χ0v) is 19.8. The maximum atomic E-state index is 12.6. The Morgan fingerprint density at radius 2 is 1.88 bits per heavy atom. The molecule has 2 aromatic carbocycles. The fourth-order valence-electron chi connectivity index (χ4n) is 4.05. The molecule has 168 valence electrons. The minimum atomic E-state index is 0.0367. The largest absolute Gasteiger partial charge is 0.495 e. The zero-order chi connectivity index (χ0) is 22.7. The lowest BCUT2D eigenvalue weighted by Gasteiger charge is -2.39. The highest BCUT2D eigenvalue weighted by Crippen LogP contribution is 2.31. The number of hydrogen-bond donors (Lipinski definition) is 0. The Kier molecular flexibility index (Phi) is 6.91. The second-order valence-corrected chi connectivity index (χ2v) is 8.95. The molecule has 1 fully saturated rings. The van der Waals surface area contributed by atoms with Crippen LogP contribution in [0.4, 0.5) is 0 Å². The van der Waals surface area contributed by atoms with Crippen molar-refractivity contribution < 1.29 is 19.1 Å². The molecule has 1 saturated heterocycles. The second-order valence-electron chi connectivity index (χ2n) is 8.03. The number of Topliss-reactive ketones (excluding diaryl/α,β-unsaturated/α-hetero) is 1. The molecule has 1 aliphatic heterocycles. The number of rotatable bonds is 9. The Balaban J connectivity index is 1.42. The van der Waals surface area contributed by atoms with E-state index in [-0.39, 0.29) is 11.7 Å². The molecule has 1 aliphatic rings. The van der Waals surface area contributed by atoms with Gasteiger partial charge in [0.25, 0.3) is 5.91 Å². The first-order valence-corrected chi connectivity index (χ1v) is 11.4. The van der Waals surface area contributed by atoms with Gasteiger partial charge in [-0.2, -0.15) is 5.10 Å². The number of amides is 1. The van der Waals surface area contributed by atoms with Crippen LogP contribution in [0, 0.1) is 5.92 Å². The summed E-state index contributed by atoms with van der Waals surface area (Å²) in [5.74, 6) is 0.994. The van der Waals surface area contributed by atoms with Gasteiger partial charge in [0.2, 0.25) is 0 Å². The van der Waals surface area contributed by atoms with Gasteiger partial charge in [0.05, 0.1) is 23.6 Å². The summed E-state index contributed by atoms with van der Waals surface area (Å²) in [5.41, 5.74) is 2.06. The summed E-state index contributed by atoms with van der Waals surface area (Å²) in [7, 11) is 3.21. The van der Waals surface area contributed by atoms with E-state index in [0.717, 1.165) is 15.4 Å². The predicted octanol–water partition coefficient (Wildman–Crippen LogP) is 4.19. The van der Waals surface area contributed by atoms with Crippen molar-refractivity contribution in [3.63, 3.8) is 0 Å². The Labute approximate surface area is 195 Å². The number of halogens is 1. The summed E-state index contributed by atoms with van der Waals surface area (Å²) in [6.07, 6.45) is 3.01. The molecule has 3 aromatic rings. The maximum Gasteiger partial charge on any atom is 0.253 e. The lowest BCUT2D eigenvalue weighted by atomic mass is 9.99. The smallest absolute Gasteiger partial charge is 0.253 e. The van der Waals surface area contributed by atoms with E-state index in [2.05, 4.69) is 21.0 Å². The van der Waals surface area contributed by atoms with Crippen molar-refractivity contribution in [2.75, 3.05) is 33.9 Å². The highest BCUT2D eigenvalue weighted by Gasteiger charge is 2.31. The molecular weight excluding hydrogens is 474 g/mol. The van der Waals surface area contributed by atoms with Crippen molar-refractivity contribution in [3.05, 3.63) is 58.2 Å². The first-order chi connectivity index (χ1) is 15.5. The number of carbonyl (C=O) groups is 2. The fraction of sp³-hybridized carbons (Fsp3) is 0.375. The van der Waals surface area contributed by atoms with Crippen LogP contribution in [0.25, 0.3) is 10.9 Å². The van der Waals surface area contributed by atoms with Gasteiger partial charge in [0, 0.05) is 61.9 Å². The molecule has 0 aliphatic carbocycles. The third kappa shape index (κ3) is 4.71. The number of methoxy groups -OCH3 is 2. The van der Waals surface area contributed by atoms with E-state index in [4.69, 9.17) is 9.47 Å². The SMILES string of the molecule is COCCCC(=O)c1ccc2nn(CC3CN(C(=O)c4ccc(Br)cc4)C3)cc2c1OC. The maximum absolute atomic E-state index is 12.6. The number of ketones is 1. The molecule has 2 heterocycles. The van der Waals surface area contributed by atoms with Crippen LogP contribution in [0.3, 0.4) is 0 Å². The number of fused-ring (bicyclic) bond motifs is 1. The molecule has 32 heavy (non-hydrogen) atoms. The van der Waals surface area contributed by atoms with Gasteiger partial charge in [0.1, 0.15) is 5.75 Å². The van der Waals surface area contributed by atoms with E-state index in [1.54, 1.807) is 20.3 Å². The van der Waals surface area contributed by atoms with Crippen LogP contribution in [0.15, 0.2) is 47.1 Å². The van der Waals surface area contributed by atoms with Crippen LogP contribution in [0.2, 0.25) is 0 Å². The first kappa shape index (κ1) is 22.5. The standard InChI is InChI=1S/C24H26BrN3O4/c1-31-11-3-4-22(29)19-9-10-21-20(23(19)32-2)15-28(26-21)14-16-12-27(13-16)24(30)17-5-7-18(25)8-6-17/h5-10,15-16H,3-4,11-14H2,1-2H3. The topological polar surface area (TPSA) is 73.7 Å². The van der Waals surface area contributed by atoms with Crippen LogP contribution in [0.5, 0.6) is 5.75 Å². The van der Waals surface area contributed by atoms with Gasteiger partial charge < -0.3 is 14.4 Å². The van der Waals surface area contributed by atoms with E-state index in [9.17, 15) is 9.59 Å². The molecule has 0 unspecified atom stereocenters. The van der Waals surface area contributed by atoms with Crippen molar-refractivity contribution in [1.29, 1.82) is 0 Å². The molecule has 0 spiro atoms. The van der Waals surface area contributed by atoms with Crippen LogP contribution in [-0.4, -0.2) is 60.3 Å². The molecule has 1 amide bonds. The minimum Gasteiger partial charge on any atom is -0.495 e. The summed E-state index contributed by atoms with van der Waals surface area (Å²) in [5, 5.41) is 5.48. The zero-order valence-electron chi connectivity index (χ0n) is 18.2. The summed E-state index contributed by atoms with van der Waals surface area (Å²) < 4.78 is 13.5. The van der Waals surface area contributed by atoms with Crippen LogP contribution >= 0.6 is 15.9 Å². The Morgan fingerprint density at radius 3 is 2.56 bits per heavy atom. The van der Waals surface area contributed by atoms with Gasteiger partial charge in [-0.05, 0) is 42.8 Å². The van der Waals surface area contributed by atoms with Crippen LogP contribution in [-0.2, 0) is 11.3 Å². The predicted molar refractivity (Wildman–Crippen MR) is 125 cm³/mol. The Bertz CT molecular complexity index is 1120. The molecule has 8 heteroatoms. The van der Waals surface area contributed by atoms with Crippen molar-refractivity contribution in [3.8, 4) is 5.75 Å². The van der Waals surface area contributed by atoms with Crippen molar-refractivity contribution in [1.82, 2.24) is 14.7 Å². The Morgan fingerprint density at radius 1 is 1.12 bits per heavy atom. The lowest BCUT2D eigenvalue weighted by molar-refractivity contribution is 0.0462. The van der Waals surface area contributed by atoms with Gasteiger partial charge in [-0.25, -0.2) is 0 Å². The number of carbonyl (C=O) groups excluding carboxylic acids is 2. The summed E-state index contributed by atoms with van der Waals surface area (Å²) in [4.78, 5) is 27.1. The van der Waals surface area contributed by atoms with Gasteiger partial charge in [-0.3, -0.25) is 14.3 Å². The second kappa shape index (κ2) is 9.83. The van der Waals surface area contributed by atoms with E-state index in [1.165, 1.54) is 0 Å². The minimum absolute atomic E-state index is 0.0367. The van der Waals surface area contributed by atoms with E-state index < -0.39 is 0 Å². The van der Waals surface area contributed by atoms with E-state index in [1.807, 2.05) is 46.1 Å². The van der Waals surface area contributed by atoms with Gasteiger partial charge in [0.15, 0.2) is 5.78 Å². The average Bonchev–Trinajstić information content (AvgIpc) is 3.18. The third-order valence-corrected chi connectivity index (χ3v) is 6.25. The van der Waals surface area contributed by atoms with E-state index >= 15 is 0 Å². The lowest BCUT2D eigenvalue weighted by Crippen LogP contribution is -2.51. The van der Waals surface area contributed by atoms with Crippen molar-refractivity contribution in [2.45, 2.75) is 19.4 Å². The van der Waals surface area contributed by atoms with Gasteiger partial charge >= 0.3 is 0 Å². The molecule has 0 atom stereocenters. The monoisotopic (exact) mass is 499 g/mol. The molecule has 0 saturated carbocycles. The molecule has 0 N–H and O–H groups in total. The summed E-state index contributed by atoms with van der Waals surface area (Å²) >= 11 is 3.39. The highest BCUT2D eigenvalue weighted by molar-refractivity contribution is 9.10. The number of ether oxygens (including phenoxy) is 2. The molecule has 7 nitrogen and oxygen atoms in total. The fourth-order valence-corrected chi connectivity index (χ4v) is 4.32. The molecule has 4 rings (SSSR count). The van der Waals surface area contributed by atoms with Gasteiger partial charge in [-0.15, -0.1) is 0 Å². The molecule has 0 bridgehead atoms. The number of benzene rings is 2. The Hall–Kier alpha value is -2.71. The number of likely N-dealkylation sites (tertiary alicyclic amines) is 1. The van der Waals surface area contributed by atoms with Gasteiger partial charge in [-0.1, -0.05) is 15.9 Å². The van der Waals surface area contributed by atoms with Crippen molar-refractivity contribution in [2.24, 2.45) is 5.92 Å². The molecule has 1 aromatic heterocycles. The van der Waals surface area contributed by atoms with Crippen LogP contribution in [0.1, 0.15) is 33.6 Å². The molecular formula is C24H26BrN3O4. The normalized spacial score (nSPS) is 13.9. The first-order valence-electron chi connectivity index (χ1n) is 10.6. The quantitative estimate of drug-likeness (QED) is 0.326. The number of hydrogen-bond acceptors (Lipinski definition) is 5. The van der Waals surface area contributed by atoms with Crippen molar-refractivity contribution >= 4 is 38.5 Å². The third-order valence-electron chi connectivity index (χ3n) is 5.73. The highest BCUT2D eigenvalue weighted by atomic mass is 79.9. The molecule has 0 radical (unpaired) electrons. The number of aromatic nitrogens is 2. The van der Waals surface area contributed by atoms with E-state index in [0.29, 0.717) is 61.9 Å². The summed E-state index contributed by atoms with van der Waals surface area (Å²) in [6.45, 7) is 2.66. The van der Waals surface area contributed by atoms with Crippen LogP contribution < -0.4 is 4.74 Å². The average molecular weight is 500 g/mol. The summed E-state index contributed by atoms with van der Waals surface area (Å²) in [6, 6.07) is 11.1.